The Balaban J connectivity index is 2.31. The summed E-state index contributed by atoms with van der Waals surface area (Å²) in [5.41, 5.74) is 1.55. The molecule has 0 fully saturated rings. The van der Waals surface area contributed by atoms with Crippen LogP contribution in [-0.2, 0) is 4.79 Å². The molecule has 0 radical (unpaired) electrons. The van der Waals surface area contributed by atoms with Crippen molar-refractivity contribution in [2.24, 2.45) is 5.92 Å². The number of benzene rings is 2. The average Bonchev–Trinajstić information content (AvgIpc) is 2.54. The Morgan fingerprint density at radius 1 is 1.00 bits per heavy atom. The van der Waals surface area contributed by atoms with Crippen molar-refractivity contribution in [3.8, 4) is 5.75 Å². The predicted molar refractivity (Wildman–Crippen MR) is 86.3 cm³/mol. The highest BCUT2D eigenvalue weighted by Gasteiger charge is 2.16. The van der Waals surface area contributed by atoms with Gasteiger partial charge in [0.1, 0.15) is 5.75 Å². The molecule has 0 aliphatic rings. The highest BCUT2D eigenvalue weighted by atomic mass is 16.5. The fraction of sp³-hybridized carbons (Fsp3) is 0.222. The van der Waals surface area contributed by atoms with E-state index in [1.165, 1.54) is 0 Å². The SMILES string of the molecule is COc1ccc(C(=O)c2ccccc2NC(=O)C(C)C)cc1. The van der Waals surface area contributed by atoms with Crippen molar-refractivity contribution in [1.82, 2.24) is 0 Å². The quantitative estimate of drug-likeness (QED) is 0.859. The number of ketones is 1. The van der Waals surface area contributed by atoms with E-state index in [2.05, 4.69) is 5.32 Å². The zero-order valence-electron chi connectivity index (χ0n) is 12.9. The van der Waals surface area contributed by atoms with Crippen molar-refractivity contribution in [3.05, 3.63) is 59.7 Å². The lowest BCUT2D eigenvalue weighted by Crippen LogP contribution is -2.19. The fourth-order valence-corrected chi connectivity index (χ4v) is 1.97. The zero-order chi connectivity index (χ0) is 16.1. The summed E-state index contributed by atoms with van der Waals surface area (Å²) in [5.74, 6) is 0.291. The Labute approximate surface area is 130 Å². The Bertz CT molecular complexity index is 675. The highest BCUT2D eigenvalue weighted by molar-refractivity contribution is 6.13. The van der Waals surface area contributed by atoms with Gasteiger partial charge in [-0.15, -0.1) is 0 Å². The molecule has 0 aliphatic heterocycles. The second kappa shape index (κ2) is 6.89. The van der Waals surface area contributed by atoms with Crippen LogP contribution in [-0.4, -0.2) is 18.8 Å². The topological polar surface area (TPSA) is 55.4 Å². The largest absolute Gasteiger partial charge is 0.497 e. The van der Waals surface area contributed by atoms with Gasteiger partial charge in [0.2, 0.25) is 5.91 Å². The molecule has 0 spiro atoms. The van der Waals surface area contributed by atoms with Gasteiger partial charge >= 0.3 is 0 Å². The normalized spacial score (nSPS) is 10.4. The van der Waals surface area contributed by atoms with Gasteiger partial charge in [-0.3, -0.25) is 9.59 Å². The lowest BCUT2D eigenvalue weighted by molar-refractivity contribution is -0.118. The van der Waals surface area contributed by atoms with Gasteiger partial charge in [-0.25, -0.2) is 0 Å². The Kier molecular flexibility index (Phi) is 4.94. The molecule has 0 saturated carbocycles. The van der Waals surface area contributed by atoms with E-state index in [9.17, 15) is 9.59 Å². The number of para-hydroxylation sites is 1. The summed E-state index contributed by atoms with van der Waals surface area (Å²) in [6.45, 7) is 3.62. The number of hydrogen-bond donors (Lipinski definition) is 1. The van der Waals surface area contributed by atoms with Gasteiger partial charge in [0.15, 0.2) is 5.78 Å². The third-order valence-electron chi connectivity index (χ3n) is 3.31. The molecule has 2 aromatic carbocycles. The fourth-order valence-electron chi connectivity index (χ4n) is 1.97. The molecular weight excluding hydrogens is 278 g/mol. The second-order valence-corrected chi connectivity index (χ2v) is 5.25. The number of ether oxygens (including phenoxy) is 1. The number of methoxy groups -OCH3 is 1. The van der Waals surface area contributed by atoms with Crippen LogP contribution in [0.3, 0.4) is 0 Å². The van der Waals surface area contributed by atoms with Crippen molar-refractivity contribution in [2.75, 3.05) is 12.4 Å². The lowest BCUT2D eigenvalue weighted by Gasteiger charge is -2.12. The van der Waals surface area contributed by atoms with Crippen LogP contribution >= 0.6 is 0 Å². The minimum Gasteiger partial charge on any atom is -0.497 e. The number of amides is 1. The molecule has 0 aromatic heterocycles. The van der Waals surface area contributed by atoms with E-state index >= 15 is 0 Å². The smallest absolute Gasteiger partial charge is 0.226 e. The van der Waals surface area contributed by atoms with Gasteiger partial charge in [0.25, 0.3) is 0 Å². The van der Waals surface area contributed by atoms with E-state index in [1.807, 2.05) is 13.8 Å². The van der Waals surface area contributed by atoms with Gasteiger partial charge in [0.05, 0.1) is 12.8 Å². The van der Waals surface area contributed by atoms with Gasteiger partial charge in [-0.1, -0.05) is 26.0 Å². The van der Waals surface area contributed by atoms with E-state index < -0.39 is 0 Å². The van der Waals surface area contributed by atoms with Crippen LogP contribution in [0.25, 0.3) is 0 Å². The summed E-state index contributed by atoms with van der Waals surface area (Å²) in [7, 11) is 1.58. The van der Waals surface area contributed by atoms with Crippen LogP contribution in [0.4, 0.5) is 5.69 Å². The molecule has 1 amide bonds. The number of carbonyl (C=O) groups is 2. The second-order valence-electron chi connectivity index (χ2n) is 5.25. The average molecular weight is 297 g/mol. The summed E-state index contributed by atoms with van der Waals surface area (Å²) in [4.78, 5) is 24.5. The summed E-state index contributed by atoms with van der Waals surface area (Å²) in [6.07, 6.45) is 0. The molecule has 0 saturated heterocycles. The molecule has 2 rings (SSSR count). The molecule has 4 nitrogen and oxygen atoms in total. The van der Waals surface area contributed by atoms with Gasteiger partial charge in [-0.05, 0) is 36.4 Å². The third kappa shape index (κ3) is 3.52. The first-order valence-electron chi connectivity index (χ1n) is 7.11. The number of anilines is 1. The van der Waals surface area contributed by atoms with Crippen molar-refractivity contribution < 1.29 is 14.3 Å². The predicted octanol–water partition coefficient (Wildman–Crippen LogP) is 3.52. The van der Waals surface area contributed by atoms with Crippen LogP contribution < -0.4 is 10.1 Å². The first-order valence-corrected chi connectivity index (χ1v) is 7.11. The van der Waals surface area contributed by atoms with Gasteiger partial charge in [0, 0.05) is 17.0 Å². The molecule has 0 aliphatic carbocycles. The van der Waals surface area contributed by atoms with Crippen molar-refractivity contribution in [1.29, 1.82) is 0 Å². The number of nitrogens with one attached hydrogen (secondary N) is 1. The Morgan fingerprint density at radius 2 is 1.64 bits per heavy atom. The molecule has 22 heavy (non-hydrogen) atoms. The first kappa shape index (κ1) is 15.8. The lowest BCUT2D eigenvalue weighted by atomic mass is 10.0. The van der Waals surface area contributed by atoms with E-state index in [0.717, 1.165) is 0 Å². The van der Waals surface area contributed by atoms with Crippen LogP contribution in [0.15, 0.2) is 48.5 Å². The summed E-state index contributed by atoms with van der Waals surface area (Å²) >= 11 is 0. The summed E-state index contributed by atoms with van der Waals surface area (Å²) in [5, 5.41) is 2.80. The third-order valence-corrected chi connectivity index (χ3v) is 3.31. The van der Waals surface area contributed by atoms with E-state index in [4.69, 9.17) is 4.74 Å². The maximum absolute atomic E-state index is 12.6. The molecule has 0 unspecified atom stereocenters. The van der Waals surface area contributed by atoms with Crippen molar-refractivity contribution in [3.63, 3.8) is 0 Å². The van der Waals surface area contributed by atoms with Gasteiger partial charge in [-0.2, -0.15) is 0 Å². The number of rotatable bonds is 5. The van der Waals surface area contributed by atoms with Crippen LogP contribution in [0.2, 0.25) is 0 Å². The Morgan fingerprint density at radius 3 is 2.23 bits per heavy atom. The molecule has 0 heterocycles. The van der Waals surface area contributed by atoms with E-state index in [0.29, 0.717) is 22.6 Å². The molecular formula is C18H19NO3. The van der Waals surface area contributed by atoms with Crippen LogP contribution in [0, 0.1) is 5.92 Å². The van der Waals surface area contributed by atoms with Crippen LogP contribution in [0.1, 0.15) is 29.8 Å². The highest BCUT2D eigenvalue weighted by Crippen LogP contribution is 2.21. The molecule has 1 N–H and O–H groups in total. The van der Waals surface area contributed by atoms with Crippen LogP contribution in [0.5, 0.6) is 5.75 Å². The summed E-state index contributed by atoms with van der Waals surface area (Å²) in [6, 6.07) is 13.9. The summed E-state index contributed by atoms with van der Waals surface area (Å²) < 4.78 is 5.09. The van der Waals surface area contributed by atoms with E-state index in [1.54, 1.807) is 55.6 Å². The van der Waals surface area contributed by atoms with Crippen molar-refractivity contribution >= 4 is 17.4 Å². The monoisotopic (exact) mass is 297 g/mol. The molecule has 114 valence electrons. The molecule has 4 heteroatoms. The minimum absolute atomic E-state index is 0.116. The molecule has 0 atom stereocenters. The number of hydrogen-bond acceptors (Lipinski definition) is 3. The standard InChI is InChI=1S/C18H19NO3/c1-12(2)18(21)19-16-7-5-4-6-15(16)17(20)13-8-10-14(22-3)11-9-13/h4-12H,1-3H3,(H,19,21). The van der Waals surface area contributed by atoms with Gasteiger partial charge < -0.3 is 10.1 Å². The molecule has 2 aromatic rings. The minimum atomic E-state index is -0.149. The molecule has 0 bridgehead atoms. The maximum Gasteiger partial charge on any atom is 0.226 e. The van der Waals surface area contributed by atoms with E-state index in [-0.39, 0.29) is 17.6 Å². The van der Waals surface area contributed by atoms with Crippen molar-refractivity contribution in [2.45, 2.75) is 13.8 Å². The number of carbonyl (C=O) groups excluding carboxylic acids is 2. The zero-order valence-corrected chi connectivity index (χ0v) is 12.9. The Hall–Kier alpha value is -2.62. The first-order chi connectivity index (χ1) is 10.5. The maximum atomic E-state index is 12.6.